The third kappa shape index (κ3) is 2.17. The van der Waals surface area contributed by atoms with Gasteiger partial charge in [0.2, 0.25) is 0 Å². The molecule has 0 saturated heterocycles. The van der Waals surface area contributed by atoms with Crippen LogP contribution in [0.5, 0.6) is 0 Å². The van der Waals surface area contributed by atoms with E-state index in [-0.39, 0.29) is 6.04 Å². The van der Waals surface area contributed by atoms with Gasteiger partial charge < -0.3 is 5.73 Å². The smallest absolute Gasteiger partial charge is 0.0705 e. The van der Waals surface area contributed by atoms with Crippen LogP contribution in [-0.2, 0) is 0 Å². The van der Waals surface area contributed by atoms with Crippen LogP contribution >= 0.6 is 11.6 Å². The average Bonchev–Trinajstić information content (AvgIpc) is 2.49. The highest BCUT2D eigenvalue weighted by atomic mass is 35.5. The molecule has 1 atom stereocenters. The lowest BCUT2D eigenvalue weighted by Gasteiger charge is -2.17. The van der Waals surface area contributed by atoms with Crippen molar-refractivity contribution in [3.05, 3.63) is 76.4 Å². The molecule has 3 aromatic rings. The van der Waals surface area contributed by atoms with E-state index >= 15 is 0 Å². The summed E-state index contributed by atoms with van der Waals surface area (Å²) in [5.41, 5.74) is 10.6. The molecule has 20 heavy (non-hydrogen) atoms. The number of rotatable bonds is 2. The van der Waals surface area contributed by atoms with E-state index < -0.39 is 0 Å². The molecule has 0 aliphatic heterocycles. The number of fused-ring (bicyclic) bond motifs is 1. The summed E-state index contributed by atoms with van der Waals surface area (Å²) in [6.07, 6.45) is 1.79. The molecule has 3 rings (SSSR count). The van der Waals surface area contributed by atoms with E-state index in [4.69, 9.17) is 17.3 Å². The summed E-state index contributed by atoms with van der Waals surface area (Å²) in [6, 6.07) is 15.7. The number of pyridine rings is 1. The maximum Gasteiger partial charge on any atom is 0.0705 e. The summed E-state index contributed by atoms with van der Waals surface area (Å²) in [6.45, 7) is 2.00. The molecule has 0 radical (unpaired) electrons. The van der Waals surface area contributed by atoms with E-state index in [9.17, 15) is 0 Å². The summed E-state index contributed by atoms with van der Waals surface area (Å²) in [5.74, 6) is 0. The molecule has 0 fully saturated rings. The molecule has 100 valence electrons. The Morgan fingerprint density at radius 2 is 1.75 bits per heavy atom. The molecule has 1 heterocycles. The van der Waals surface area contributed by atoms with Gasteiger partial charge in [-0.1, -0.05) is 41.9 Å². The molecule has 0 spiro atoms. The molecule has 0 bridgehead atoms. The Bertz CT molecular complexity index is 763. The lowest BCUT2D eigenvalue weighted by Crippen LogP contribution is -2.14. The van der Waals surface area contributed by atoms with Crippen LogP contribution < -0.4 is 5.73 Å². The van der Waals surface area contributed by atoms with Crippen molar-refractivity contribution >= 4 is 22.5 Å². The molecule has 2 aromatic carbocycles. The maximum absolute atomic E-state index is 6.47. The fourth-order valence-corrected chi connectivity index (χ4v) is 2.71. The van der Waals surface area contributed by atoms with E-state index in [1.54, 1.807) is 6.20 Å². The van der Waals surface area contributed by atoms with Crippen molar-refractivity contribution in [2.75, 3.05) is 0 Å². The van der Waals surface area contributed by atoms with Gasteiger partial charge in [0.05, 0.1) is 11.6 Å². The fourth-order valence-electron chi connectivity index (χ4n) is 2.53. The lowest BCUT2D eigenvalue weighted by atomic mass is 9.93. The number of benzene rings is 2. The molecule has 1 unspecified atom stereocenters. The Balaban J connectivity index is 2.18. The van der Waals surface area contributed by atoms with Gasteiger partial charge in [0.1, 0.15) is 0 Å². The van der Waals surface area contributed by atoms with Gasteiger partial charge in [-0.2, -0.15) is 0 Å². The zero-order chi connectivity index (χ0) is 14.1. The van der Waals surface area contributed by atoms with Crippen molar-refractivity contribution in [2.24, 2.45) is 5.73 Å². The molecule has 0 amide bonds. The number of nitrogens with zero attached hydrogens (tertiary/aromatic N) is 1. The zero-order valence-corrected chi connectivity index (χ0v) is 11.9. The maximum atomic E-state index is 6.47. The second-order valence-corrected chi connectivity index (χ2v) is 5.26. The predicted octanol–water partition coefficient (Wildman–Crippen LogP) is 4.24. The molecule has 0 saturated carbocycles. The highest BCUT2D eigenvalue weighted by molar-refractivity contribution is 6.31. The SMILES string of the molecule is Cc1c(Cl)cccc1C(N)c1cccc2ncccc12. The van der Waals surface area contributed by atoms with Gasteiger partial charge in [0, 0.05) is 16.6 Å². The largest absolute Gasteiger partial charge is 0.320 e. The van der Waals surface area contributed by atoms with Gasteiger partial charge in [-0.05, 0) is 41.8 Å². The summed E-state index contributed by atoms with van der Waals surface area (Å²) in [4.78, 5) is 4.38. The summed E-state index contributed by atoms with van der Waals surface area (Å²) in [5, 5.41) is 1.83. The highest BCUT2D eigenvalue weighted by Gasteiger charge is 2.15. The minimum absolute atomic E-state index is 0.207. The van der Waals surface area contributed by atoms with Crippen molar-refractivity contribution < 1.29 is 0 Å². The van der Waals surface area contributed by atoms with Crippen LogP contribution in [0.25, 0.3) is 10.9 Å². The van der Waals surface area contributed by atoms with Crippen molar-refractivity contribution in [1.29, 1.82) is 0 Å². The molecule has 0 aliphatic rings. The Morgan fingerprint density at radius 3 is 2.60 bits per heavy atom. The lowest BCUT2D eigenvalue weighted by molar-refractivity contribution is 0.870. The summed E-state index contributed by atoms with van der Waals surface area (Å²) >= 11 is 6.20. The van der Waals surface area contributed by atoms with Gasteiger partial charge in [0.15, 0.2) is 0 Å². The molecule has 2 N–H and O–H groups in total. The number of halogens is 1. The minimum Gasteiger partial charge on any atom is -0.320 e. The van der Waals surface area contributed by atoms with Gasteiger partial charge in [-0.3, -0.25) is 4.98 Å². The number of nitrogens with two attached hydrogens (primary N) is 1. The molecule has 1 aromatic heterocycles. The van der Waals surface area contributed by atoms with Crippen molar-refractivity contribution in [1.82, 2.24) is 4.98 Å². The Hall–Kier alpha value is -1.90. The zero-order valence-electron chi connectivity index (χ0n) is 11.2. The van der Waals surface area contributed by atoms with E-state index in [1.807, 2.05) is 43.3 Å². The first-order chi connectivity index (χ1) is 9.68. The minimum atomic E-state index is -0.207. The van der Waals surface area contributed by atoms with Gasteiger partial charge >= 0.3 is 0 Å². The van der Waals surface area contributed by atoms with Crippen LogP contribution in [0.4, 0.5) is 0 Å². The topological polar surface area (TPSA) is 38.9 Å². The van der Waals surface area contributed by atoms with Crippen LogP contribution in [0, 0.1) is 6.92 Å². The molecule has 2 nitrogen and oxygen atoms in total. The Labute approximate surface area is 123 Å². The van der Waals surface area contributed by atoms with Crippen molar-refractivity contribution in [3.8, 4) is 0 Å². The fraction of sp³-hybridized carbons (Fsp3) is 0.118. The highest BCUT2D eigenvalue weighted by Crippen LogP contribution is 2.30. The normalized spacial score (nSPS) is 12.6. The van der Waals surface area contributed by atoms with Crippen LogP contribution in [0.3, 0.4) is 0 Å². The molecule has 0 aliphatic carbocycles. The Kier molecular flexibility index (Phi) is 3.43. The summed E-state index contributed by atoms with van der Waals surface area (Å²) in [7, 11) is 0. The number of aromatic nitrogens is 1. The Morgan fingerprint density at radius 1 is 1.00 bits per heavy atom. The molecular formula is C17H15ClN2. The van der Waals surface area contributed by atoms with Crippen molar-refractivity contribution in [3.63, 3.8) is 0 Å². The number of hydrogen-bond donors (Lipinski definition) is 1. The first kappa shape index (κ1) is 13.1. The van der Waals surface area contributed by atoms with E-state index in [0.717, 1.165) is 32.6 Å². The van der Waals surface area contributed by atoms with Gasteiger partial charge in [0.25, 0.3) is 0 Å². The van der Waals surface area contributed by atoms with E-state index in [2.05, 4.69) is 17.1 Å². The van der Waals surface area contributed by atoms with Gasteiger partial charge in [-0.25, -0.2) is 0 Å². The third-order valence-electron chi connectivity index (χ3n) is 3.66. The standard InChI is InChI=1S/C17H15ClN2/c1-11-12(5-2-8-15(11)18)17(19)14-6-3-9-16-13(14)7-4-10-20-16/h2-10,17H,19H2,1H3. The first-order valence-electron chi connectivity index (χ1n) is 6.52. The predicted molar refractivity (Wildman–Crippen MR) is 84.0 cm³/mol. The molecular weight excluding hydrogens is 268 g/mol. The van der Waals surface area contributed by atoms with Gasteiger partial charge in [-0.15, -0.1) is 0 Å². The third-order valence-corrected chi connectivity index (χ3v) is 4.07. The van der Waals surface area contributed by atoms with Crippen LogP contribution in [0.15, 0.2) is 54.7 Å². The summed E-state index contributed by atoms with van der Waals surface area (Å²) < 4.78 is 0. The second-order valence-electron chi connectivity index (χ2n) is 4.85. The first-order valence-corrected chi connectivity index (χ1v) is 6.90. The monoisotopic (exact) mass is 282 g/mol. The van der Waals surface area contributed by atoms with Crippen LogP contribution in [-0.4, -0.2) is 4.98 Å². The number of hydrogen-bond acceptors (Lipinski definition) is 2. The van der Waals surface area contributed by atoms with Crippen molar-refractivity contribution in [2.45, 2.75) is 13.0 Å². The van der Waals surface area contributed by atoms with E-state index in [1.165, 1.54) is 0 Å². The second kappa shape index (κ2) is 5.23. The average molecular weight is 283 g/mol. The van der Waals surface area contributed by atoms with E-state index in [0.29, 0.717) is 0 Å². The van der Waals surface area contributed by atoms with Crippen LogP contribution in [0.2, 0.25) is 5.02 Å². The quantitative estimate of drug-likeness (QED) is 0.763. The molecule has 3 heteroatoms. The van der Waals surface area contributed by atoms with Crippen LogP contribution in [0.1, 0.15) is 22.7 Å².